The van der Waals surface area contributed by atoms with Crippen molar-refractivity contribution < 1.29 is 58.7 Å². The number of hydrogen-bond acceptors (Lipinski definition) is 10. The van der Waals surface area contributed by atoms with Crippen LogP contribution in [0.25, 0.3) is 0 Å². The topological polar surface area (TPSA) is 202 Å². The summed E-state index contributed by atoms with van der Waals surface area (Å²) < 4.78 is 7.79. The number of esters is 4. The van der Waals surface area contributed by atoms with Gasteiger partial charge in [0.25, 0.3) is 0 Å². The van der Waals surface area contributed by atoms with Crippen LogP contribution in [0.5, 0.6) is 0 Å². The number of carbonyl (C=O) groups excluding carboxylic acids is 4. The van der Waals surface area contributed by atoms with Crippen molar-refractivity contribution in [3.8, 4) is 0 Å². The third-order valence-corrected chi connectivity index (χ3v) is 1.91. The average molecular weight is 474 g/mol. The molecule has 0 saturated heterocycles. The Labute approximate surface area is 286 Å². The first-order chi connectivity index (χ1) is 11.0. The predicted octanol–water partition coefficient (Wildman–Crippen LogP) is -5.46. The number of aliphatic carboxylic acids is 2. The van der Waals surface area contributed by atoms with E-state index in [1.54, 1.807) is 0 Å². The van der Waals surface area contributed by atoms with Crippen LogP contribution in [-0.4, -0.2) is 230 Å². The summed E-state index contributed by atoms with van der Waals surface area (Å²) in [6.45, 7) is 0. The third kappa shape index (κ3) is 19.8. The first-order valence-corrected chi connectivity index (χ1v) is 5.74. The van der Waals surface area contributed by atoms with Gasteiger partial charge in [0.2, 0.25) is 0 Å². The first kappa shape index (κ1) is 40.3. The number of rotatable bonds is 7. The maximum absolute atomic E-state index is 11.2. The molecule has 0 heterocycles. The van der Waals surface area contributed by atoms with Crippen LogP contribution in [0, 0.1) is 0 Å². The summed E-state index contributed by atoms with van der Waals surface area (Å²) in [7, 11) is 0. The van der Waals surface area contributed by atoms with E-state index >= 15 is 0 Å². The first-order valence-electron chi connectivity index (χ1n) is 5.74. The maximum atomic E-state index is 11.2. The van der Waals surface area contributed by atoms with Gasteiger partial charge in [-0.25, -0.2) is 28.8 Å². The van der Waals surface area contributed by atoms with E-state index in [2.05, 4.69) is 9.47 Å². The molecule has 0 saturated carbocycles. The Morgan fingerprint density at radius 1 is 0.607 bits per heavy atom. The summed E-state index contributed by atoms with van der Waals surface area (Å²) in [6.07, 6.45) is -3.98. The van der Waals surface area contributed by atoms with Gasteiger partial charge in [0.05, 0.1) is 0 Å². The molecule has 16 heteroatoms. The van der Waals surface area contributed by atoms with Crippen LogP contribution >= 0.6 is 0 Å². The zero-order valence-corrected chi connectivity index (χ0v) is 11.5. The van der Waals surface area contributed by atoms with Crippen LogP contribution in [-0.2, 0) is 38.2 Å². The predicted molar refractivity (Wildman–Crippen MR) is 96.4 cm³/mol. The van der Waals surface area contributed by atoms with E-state index in [1.165, 1.54) is 0 Å². The zero-order valence-electron chi connectivity index (χ0n) is 11.5. The summed E-state index contributed by atoms with van der Waals surface area (Å²) in [5.41, 5.74) is 0. The van der Waals surface area contributed by atoms with Gasteiger partial charge in [0, 0.05) is 24.3 Å². The molecule has 0 aliphatic rings. The van der Waals surface area contributed by atoms with Gasteiger partial charge in [0.15, 0.2) is 12.2 Å². The van der Waals surface area contributed by atoms with Crippen molar-refractivity contribution in [1.29, 1.82) is 0 Å². The SMILES string of the molecule is O=C(O)/C=C\C(=O)OC(=O)C(O)C(O)C(=O)OC(=O)/C=C\C(=O)O.[KH].[KH].[NaH].[NaH]. The van der Waals surface area contributed by atoms with E-state index in [4.69, 9.17) is 10.2 Å². The number of carboxylic acid groups (broad SMARTS) is 2. The Balaban J connectivity index is -0.000000441. The molecule has 0 aliphatic heterocycles. The standard InChI is InChI=1S/C12H10O12.2K.2Na.4H/c13-5(14)1-3-7(17)23-11(21)9(19)10(20)12(22)24-8(18)4-2-6(15)16;;;;;;;;/h1-4,9-10,19-20H,(H,13,14)(H,15,16);;;;;;;;/b3-1-,4-2-;;;;;;;;. The molecule has 28 heavy (non-hydrogen) atoms. The molecule has 0 amide bonds. The minimum atomic E-state index is -2.63. The zero-order chi connectivity index (χ0) is 18.9. The fourth-order valence-corrected chi connectivity index (χ4v) is 0.924. The molecule has 0 bridgehead atoms. The molecule has 12 nitrogen and oxygen atoms in total. The van der Waals surface area contributed by atoms with E-state index in [9.17, 15) is 39.0 Å². The molecule has 4 N–H and O–H groups in total. The molecule has 2 atom stereocenters. The van der Waals surface area contributed by atoms with Crippen molar-refractivity contribution in [3.05, 3.63) is 24.3 Å². The molecular formula is C12H14K2Na2O12. The Morgan fingerprint density at radius 3 is 1.07 bits per heavy atom. The fraction of sp³-hybridized carbons (Fsp3) is 0.167. The second-order valence-corrected chi connectivity index (χ2v) is 3.71. The monoisotopic (exact) mass is 474 g/mol. The molecule has 0 radical (unpaired) electrons. The van der Waals surface area contributed by atoms with Crippen molar-refractivity contribution in [2.75, 3.05) is 0 Å². The average Bonchev–Trinajstić information content (AvgIpc) is 2.49. The number of aliphatic hydroxyl groups is 2. The quantitative estimate of drug-likeness (QED) is 0.118. The van der Waals surface area contributed by atoms with Crippen molar-refractivity contribution in [2.24, 2.45) is 0 Å². The molecule has 0 aliphatic carbocycles. The van der Waals surface area contributed by atoms with Crippen LogP contribution in [0.3, 0.4) is 0 Å². The second kappa shape index (κ2) is 22.1. The van der Waals surface area contributed by atoms with E-state index < -0.39 is 48.0 Å². The third-order valence-electron chi connectivity index (χ3n) is 1.91. The van der Waals surface area contributed by atoms with Crippen molar-refractivity contribution in [1.82, 2.24) is 0 Å². The van der Waals surface area contributed by atoms with Crippen LogP contribution in [0.4, 0.5) is 0 Å². The molecule has 138 valence electrons. The van der Waals surface area contributed by atoms with Crippen LogP contribution < -0.4 is 0 Å². The van der Waals surface area contributed by atoms with E-state index in [0.29, 0.717) is 24.3 Å². The van der Waals surface area contributed by atoms with Crippen LogP contribution in [0.1, 0.15) is 0 Å². The summed E-state index contributed by atoms with van der Waals surface area (Å²) in [5.74, 6) is -9.74. The van der Waals surface area contributed by atoms with Gasteiger partial charge < -0.3 is 29.9 Å². The number of carboxylic acids is 2. The summed E-state index contributed by atoms with van der Waals surface area (Å²) in [4.78, 5) is 64.6. The molecule has 0 aromatic rings. The molecule has 2 unspecified atom stereocenters. The van der Waals surface area contributed by atoms with E-state index in [1.807, 2.05) is 0 Å². The molecular weight excluding hydrogens is 460 g/mol. The number of ether oxygens (including phenoxy) is 2. The normalized spacial score (nSPS) is 11.4. The van der Waals surface area contributed by atoms with Gasteiger partial charge in [-0.1, -0.05) is 0 Å². The van der Waals surface area contributed by atoms with Gasteiger partial charge in [0.1, 0.15) is 0 Å². The Hall–Kier alpha value is 1.89. The molecule has 0 fully saturated rings. The van der Waals surface area contributed by atoms with Crippen molar-refractivity contribution >= 4 is 198 Å². The number of hydrogen-bond donors (Lipinski definition) is 4. The summed E-state index contributed by atoms with van der Waals surface area (Å²) in [5, 5.41) is 35.0. The van der Waals surface area contributed by atoms with Crippen LogP contribution in [0.2, 0.25) is 0 Å². The molecule has 0 rings (SSSR count). The van der Waals surface area contributed by atoms with E-state index in [0.717, 1.165) is 0 Å². The van der Waals surface area contributed by atoms with Gasteiger partial charge in [-0.15, -0.1) is 0 Å². The molecule has 0 aromatic heterocycles. The van der Waals surface area contributed by atoms with Gasteiger partial charge in [-0.2, -0.15) is 0 Å². The van der Waals surface area contributed by atoms with E-state index in [-0.39, 0.29) is 162 Å². The number of aliphatic hydroxyl groups excluding tert-OH is 2. The second-order valence-electron chi connectivity index (χ2n) is 3.71. The minimum absolute atomic E-state index is 0. The van der Waals surface area contributed by atoms with Crippen molar-refractivity contribution in [3.63, 3.8) is 0 Å². The Bertz CT molecular complexity index is 580. The number of carbonyl (C=O) groups is 6. The Morgan fingerprint density at radius 2 is 0.857 bits per heavy atom. The van der Waals surface area contributed by atoms with Gasteiger partial charge in [-0.3, -0.25) is 0 Å². The van der Waals surface area contributed by atoms with Gasteiger partial charge in [-0.05, 0) is 0 Å². The Kier molecular flexibility index (Phi) is 31.8. The van der Waals surface area contributed by atoms with Crippen molar-refractivity contribution in [2.45, 2.75) is 12.2 Å². The molecule has 0 spiro atoms. The summed E-state index contributed by atoms with van der Waals surface area (Å²) in [6, 6.07) is 0. The summed E-state index contributed by atoms with van der Waals surface area (Å²) >= 11 is 0. The molecule has 0 aromatic carbocycles. The van der Waals surface area contributed by atoms with Gasteiger partial charge >= 0.3 is 198 Å². The fourth-order valence-electron chi connectivity index (χ4n) is 0.924. The van der Waals surface area contributed by atoms with Crippen LogP contribution in [0.15, 0.2) is 24.3 Å².